The van der Waals surface area contributed by atoms with E-state index in [1.54, 1.807) is 37.4 Å². The fraction of sp³-hybridized carbons (Fsp3) is 0.444. The molecule has 0 aliphatic carbocycles. The van der Waals surface area contributed by atoms with Gasteiger partial charge in [-0.2, -0.15) is 0 Å². The van der Waals surface area contributed by atoms with Gasteiger partial charge < -0.3 is 14.9 Å². The van der Waals surface area contributed by atoms with E-state index in [2.05, 4.69) is 0 Å². The number of benzene rings is 2. The zero-order valence-electron chi connectivity index (χ0n) is 20.3. The van der Waals surface area contributed by atoms with Crippen molar-refractivity contribution in [3.8, 4) is 0 Å². The van der Waals surface area contributed by atoms with Crippen LogP contribution in [0.1, 0.15) is 31.4 Å². The molecule has 3 atom stereocenters. The van der Waals surface area contributed by atoms with Crippen molar-refractivity contribution in [2.24, 2.45) is 0 Å². The zero-order chi connectivity index (χ0) is 25.3. The minimum atomic E-state index is -1.30. The van der Waals surface area contributed by atoms with Crippen LogP contribution in [0, 0.1) is 11.6 Å². The maximum Gasteiger partial charge on any atom is 0.321 e. The Morgan fingerprint density at radius 1 is 1.20 bits per heavy atom. The molecule has 188 valence electrons. The van der Waals surface area contributed by atoms with E-state index in [0.29, 0.717) is 24.1 Å². The highest BCUT2D eigenvalue weighted by molar-refractivity contribution is 5.83. The van der Waals surface area contributed by atoms with Crippen molar-refractivity contribution >= 4 is 11.6 Å². The van der Waals surface area contributed by atoms with E-state index >= 15 is 4.39 Å². The monoisotopic (exact) mass is 487 g/mol. The minimum absolute atomic E-state index is 0.0327. The molecule has 35 heavy (non-hydrogen) atoms. The van der Waals surface area contributed by atoms with Gasteiger partial charge in [0, 0.05) is 38.3 Å². The molecule has 1 N–H and O–H groups in total. The molecule has 2 aliphatic heterocycles. The fourth-order valence-electron chi connectivity index (χ4n) is 5.21. The topological polar surface area (TPSA) is 47.0 Å². The Bertz CT molecular complexity index is 1090. The summed E-state index contributed by atoms with van der Waals surface area (Å²) in [6.45, 7) is 4.41. The number of hydrogen-bond acceptors (Lipinski definition) is 3. The number of halogens is 3. The van der Waals surface area contributed by atoms with Crippen molar-refractivity contribution in [2.75, 3.05) is 33.3 Å². The molecule has 2 heterocycles. The quantitative estimate of drug-likeness (QED) is 0.679. The Morgan fingerprint density at radius 3 is 2.54 bits per heavy atom. The molecule has 2 aliphatic rings. The minimum Gasteiger partial charge on any atom is -0.393 e. The number of nitrogens with zero attached hydrogens (tertiary/aromatic N) is 3. The molecular weight excluding hydrogens is 455 g/mol. The smallest absolute Gasteiger partial charge is 0.321 e. The molecule has 1 saturated heterocycles. The summed E-state index contributed by atoms with van der Waals surface area (Å²) in [5.74, 6) is -1.22. The van der Waals surface area contributed by atoms with Crippen molar-refractivity contribution in [2.45, 2.75) is 44.1 Å². The van der Waals surface area contributed by atoms with E-state index in [1.807, 2.05) is 24.8 Å². The number of aliphatic hydroxyl groups excluding tert-OH is 1. The van der Waals surface area contributed by atoms with Crippen LogP contribution >= 0.6 is 0 Å². The highest BCUT2D eigenvalue weighted by Crippen LogP contribution is 2.41. The molecule has 2 aromatic rings. The van der Waals surface area contributed by atoms with Gasteiger partial charge in [0.25, 0.3) is 0 Å². The summed E-state index contributed by atoms with van der Waals surface area (Å²) in [6.07, 6.45) is 0.877. The van der Waals surface area contributed by atoms with Gasteiger partial charge >= 0.3 is 6.03 Å². The molecule has 4 rings (SSSR count). The van der Waals surface area contributed by atoms with Crippen LogP contribution in [0.15, 0.2) is 54.6 Å². The first-order valence-corrected chi connectivity index (χ1v) is 11.9. The van der Waals surface area contributed by atoms with E-state index in [1.165, 1.54) is 9.80 Å². The molecule has 8 heteroatoms. The summed E-state index contributed by atoms with van der Waals surface area (Å²) >= 11 is 0. The normalized spacial score (nSPS) is 25.1. The number of piperidine rings is 1. The molecule has 2 aromatic carbocycles. The molecule has 0 unspecified atom stereocenters. The Balaban J connectivity index is 1.70. The number of rotatable bonds is 5. The molecular formula is C27H32F3N3O2. The van der Waals surface area contributed by atoms with Crippen LogP contribution in [-0.4, -0.2) is 77.4 Å². The number of likely N-dealkylation sites (tertiary alicyclic amines) is 1. The van der Waals surface area contributed by atoms with Crippen LogP contribution in [0.3, 0.4) is 0 Å². The molecule has 5 nitrogen and oxygen atoms in total. The lowest BCUT2D eigenvalue weighted by Crippen LogP contribution is -2.59. The van der Waals surface area contributed by atoms with Gasteiger partial charge in [-0.1, -0.05) is 30.3 Å². The van der Waals surface area contributed by atoms with Gasteiger partial charge in [0.1, 0.15) is 23.3 Å². The molecule has 0 radical (unpaired) electrons. The van der Waals surface area contributed by atoms with Crippen LogP contribution in [0.25, 0.3) is 5.57 Å². The van der Waals surface area contributed by atoms with Crippen LogP contribution in [-0.2, 0) is 5.54 Å². The third-order valence-electron chi connectivity index (χ3n) is 7.31. The number of hydrogen-bond donors (Lipinski definition) is 1. The number of carbonyl (C=O) groups is 1. The van der Waals surface area contributed by atoms with Gasteiger partial charge in [-0.15, -0.1) is 0 Å². The Labute approximate surface area is 204 Å². The highest BCUT2D eigenvalue weighted by atomic mass is 19.1. The lowest BCUT2D eigenvalue weighted by atomic mass is 9.89. The van der Waals surface area contributed by atoms with Gasteiger partial charge in [-0.25, -0.2) is 18.0 Å². The molecule has 2 amide bonds. The summed E-state index contributed by atoms with van der Waals surface area (Å²) in [5.41, 5.74) is -0.258. The number of urea groups is 1. The van der Waals surface area contributed by atoms with Gasteiger partial charge in [-0.05, 0) is 55.7 Å². The number of carbonyl (C=O) groups excluding carboxylic acids is 1. The van der Waals surface area contributed by atoms with Crippen LogP contribution < -0.4 is 0 Å². The number of alkyl halides is 1. The third-order valence-corrected chi connectivity index (χ3v) is 7.31. The predicted molar refractivity (Wildman–Crippen MR) is 129 cm³/mol. The van der Waals surface area contributed by atoms with Gasteiger partial charge in [-0.3, -0.25) is 4.90 Å². The standard InChI is InChI=1S/C27H32F3N3O2/c1-18(2)32-12-11-25(24(30)16-32)31(3)26(35)33-15-19(22-13-21(28)9-10-23(22)29)14-27(33,17-34)20-7-5-4-6-8-20/h4-10,13-14,18,24-25,34H,11-12,15-17H2,1-3H3/t24-,25-,27-/m1/s1. The molecule has 0 aromatic heterocycles. The van der Waals surface area contributed by atoms with Crippen molar-refractivity contribution in [3.63, 3.8) is 0 Å². The summed E-state index contributed by atoms with van der Waals surface area (Å²) < 4.78 is 43.8. The number of aliphatic hydroxyl groups is 1. The summed E-state index contributed by atoms with van der Waals surface area (Å²) in [5, 5.41) is 10.6. The van der Waals surface area contributed by atoms with E-state index in [4.69, 9.17) is 0 Å². The SMILES string of the molecule is CC(C)N1CC[C@@H](N(C)C(=O)N2CC(c3cc(F)ccc3F)=C[C@@]2(CO)c2ccccc2)[C@H](F)C1. The second-order valence-corrected chi connectivity index (χ2v) is 9.68. The summed E-state index contributed by atoms with van der Waals surface area (Å²) in [6, 6.07) is 11.2. The largest absolute Gasteiger partial charge is 0.393 e. The first-order chi connectivity index (χ1) is 16.7. The molecule has 0 spiro atoms. The molecule has 0 saturated carbocycles. The molecule has 0 bridgehead atoms. The highest BCUT2D eigenvalue weighted by Gasteiger charge is 2.47. The first-order valence-electron chi connectivity index (χ1n) is 11.9. The van der Waals surface area contributed by atoms with Crippen molar-refractivity contribution in [3.05, 3.63) is 77.4 Å². The maximum absolute atomic E-state index is 15.2. The first kappa shape index (κ1) is 25.3. The van der Waals surface area contributed by atoms with Gasteiger partial charge in [0.2, 0.25) is 0 Å². The Hall–Kier alpha value is -2.84. The van der Waals surface area contributed by atoms with E-state index in [0.717, 1.165) is 18.2 Å². The predicted octanol–water partition coefficient (Wildman–Crippen LogP) is 4.42. The summed E-state index contributed by atoms with van der Waals surface area (Å²) in [4.78, 5) is 18.7. The van der Waals surface area contributed by atoms with Gasteiger partial charge in [0.15, 0.2) is 0 Å². The van der Waals surface area contributed by atoms with E-state index in [-0.39, 0.29) is 24.7 Å². The third kappa shape index (κ3) is 4.69. The second kappa shape index (κ2) is 10.0. The van der Waals surface area contributed by atoms with Crippen molar-refractivity contribution < 1.29 is 23.1 Å². The number of amides is 2. The second-order valence-electron chi connectivity index (χ2n) is 9.68. The summed E-state index contributed by atoms with van der Waals surface area (Å²) in [7, 11) is 1.57. The van der Waals surface area contributed by atoms with Gasteiger partial charge in [0.05, 0.1) is 12.6 Å². The lowest BCUT2D eigenvalue weighted by Gasteiger charge is -2.44. The average Bonchev–Trinajstić information content (AvgIpc) is 3.26. The Kier molecular flexibility index (Phi) is 7.24. The van der Waals surface area contributed by atoms with Crippen molar-refractivity contribution in [1.29, 1.82) is 0 Å². The van der Waals surface area contributed by atoms with Crippen LogP contribution in [0.5, 0.6) is 0 Å². The van der Waals surface area contributed by atoms with Crippen LogP contribution in [0.2, 0.25) is 0 Å². The fourth-order valence-corrected chi connectivity index (χ4v) is 5.21. The molecule has 1 fully saturated rings. The lowest BCUT2D eigenvalue weighted by molar-refractivity contribution is 0.0272. The average molecular weight is 488 g/mol. The van der Waals surface area contributed by atoms with E-state index in [9.17, 15) is 18.7 Å². The van der Waals surface area contributed by atoms with Crippen molar-refractivity contribution in [1.82, 2.24) is 14.7 Å². The van der Waals surface area contributed by atoms with Crippen LogP contribution in [0.4, 0.5) is 18.0 Å². The maximum atomic E-state index is 15.2. The zero-order valence-corrected chi connectivity index (χ0v) is 20.3. The van der Waals surface area contributed by atoms with E-state index < -0.39 is 42.0 Å². The Morgan fingerprint density at radius 2 is 1.91 bits per heavy atom.